The van der Waals surface area contributed by atoms with E-state index in [9.17, 15) is 4.79 Å². The predicted molar refractivity (Wildman–Crippen MR) is 64.5 cm³/mol. The summed E-state index contributed by atoms with van der Waals surface area (Å²) in [4.78, 5) is 16.7. The molecule has 0 atom stereocenters. The van der Waals surface area contributed by atoms with Crippen LogP contribution in [0.3, 0.4) is 0 Å². The third kappa shape index (κ3) is 1.77. The number of aromatic nitrogens is 1. The Kier molecular flexibility index (Phi) is 3.08. The largest absolute Gasteiger partial charge is 0.293 e. The van der Waals surface area contributed by atoms with Crippen molar-refractivity contribution < 1.29 is 4.79 Å². The minimum Gasteiger partial charge on any atom is -0.293 e. The number of carbonyl (C=O) groups excluding carboxylic acids is 1. The number of hydrogen-bond donors (Lipinski definition) is 0. The summed E-state index contributed by atoms with van der Waals surface area (Å²) in [5.41, 5.74) is 1.79. The zero-order chi connectivity index (χ0) is 11.6. The molecule has 1 aromatic heterocycles. The molecule has 0 spiro atoms. The second-order valence-electron chi connectivity index (χ2n) is 4.86. The number of carbonyl (C=O) groups is 1. The molecule has 0 unspecified atom stereocenters. The molecular formula is C14H19NO. The van der Waals surface area contributed by atoms with Gasteiger partial charge in [0.1, 0.15) is 0 Å². The number of aryl methyl sites for hydroxylation is 1. The standard InChI is InChI=1S/C14H19NO/c1-3-14(7-4-5-8-14)13(16)12-10-15-9-6-11(12)2/h6,9-10H,3-5,7-8H2,1-2H3. The van der Waals surface area contributed by atoms with E-state index >= 15 is 0 Å². The lowest BCUT2D eigenvalue weighted by atomic mass is 9.76. The van der Waals surface area contributed by atoms with E-state index in [1.54, 1.807) is 12.4 Å². The van der Waals surface area contributed by atoms with Gasteiger partial charge in [0.15, 0.2) is 5.78 Å². The first-order valence-electron chi connectivity index (χ1n) is 6.15. The van der Waals surface area contributed by atoms with E-state index in [1.165, 1.54) is 12.8 Å². The van der Waals surface area contributed by atoms with Gasteiger partial charge in [0.05, 0.1) is 0 Å². The second-order valence-corrected chi connectivity index (χ2v) is 4.86. The van der Waals surface area contributed by atoms with Gasteiger partial charge in [-0.25, -0.2) is 0 Å². The molecule has 16 heavy (non-hydrogen) atoms. The smallest absolute Gasteiger partial charge is 0.170 e. The van der Waals surface area contributed by atoms with Crippen molar-refractivity contribution in [3.05, 3.63) is 29.6 Å². The molecule has 0 radical (unpaired) electrons. The van der Waals surface area contributed by atoms with Crippen molar-refractivity contribution >= 4 is 5.78 Å². The lowest BCUT2D eigenvalue weighted by Gasteiger charge is -2.26. The summed E-state index contributed by atoms with van der Waals surface area (Å²) in [6.07, 6.45) is 8.93. The normalized spacial score (nSPS) is 18.6. The van der Waals surface area contributed by atoms with Gasteiger partial charge < -0.3 is 0 Å². The molecule has 1 fully saturated rings. The summed E-state index contributed by atoms with van der Waals surface area (Å²) in [6, 6.07) is 1.92. The molecule has 2 nitrogen and oxygen atoms in total. The van der Waals surface area contributed by atoms with E-state index < -0.39 is 0 Å². The van der Waals surface area contributed by atoms with Crippen LogP contribution in [0, 0.1) is 12.3 Å². The Morgan fingerprint density at radius 1 is 1.44 bits per heavy atom. The maximum absolute atomic E-state index is 12.6. The first kappa shape index (κ1) is 11.3. The third-order valence-electron chi connectivity index (χ3n) is 4.00. The Morgan fingerprint density at radius 3 is 2.69 bits per heavy atom. The third-order valence-corrected chi connectivity index (χ3v) is 4.00. The van der Waals surface area contributed by atoms with E-state index in [1.807, 2.05) is 13.0 Å². The maximum Gasteiger partial charge on any atom is 0.170 e. The Morgan fingerprint density at radius 2 is 2.12 bits per heavy atom. The van der Waals surface area contributed by atoms with Gasteiger partial charge in [0, 0.05) is 23.4 Å². The van der Waals surface area contributed by atoms with Crippen LogP contribution in [-0.2, 0) is 0 Å². The Labute approximate surface area is 97.1 Å². The average Bonchev–Trinajstić information content (AvgIpc) is 2.78. The van der Waals surface area contributed by atoms with Gasteiger partial charge in [-0.1, -0.05) is 19.8 Å². The summed E-state index contributed by atoms with van der Waals surface area (Å²) in [7, 11) is 0. The predicted octanol–water partition coefficient (Wildman–Crippen LogP) is 3.54. The molecule has 0 bridgehead atoms. The minimum absolute atomic E-state index is 0.0895. The number of ketones is 1. The van der Waals surface area contributed by atoms with E-state index in [2.05, 4.69) is 11.9 Å². The molecule has 1 aliphatic carbocycles. The minimum atomic E-state index is -0.0895. The summed E-state index contributed by atoms with van der Waals surface area (Å²) in [6.45, 7) is 4.13. The van der Waals surface area contributed by atoms with Gasteiger partial charge in [0.2, 0.25) is 0 Å². The highest BCUT2D eigenvalue weighted by molar-refractivity contribution is 6.01. The first-order valence-corrected chi connectivity index (χ1v) is 6.15. The Hall–Kier alpha value is -1.18. The van der Waals surface area contributed by atoms with Gasteiger partial charge in [0.25, 0.3) is 0 Å². The van der Waals surface area contributed by atoms with Crippen LogP contribution >= 0.6 is 0 Å². The number of pyridine rings is 1. The van der Waals surface area contributed by atoms with E-state index in [-0.39, 0.29) is 5.41 Å². The molecule has 0 aliphatic heterocycles. The lowest BCUT2D eigenvalue weighted by molar-refractivity contribution is 0.0790. The molecule has 1 saturated carbocycles. The van der Waals surface area contributed by atoms with Gasteiger partial charge >= 0.3 is 0 Å². The van der Waals surface area contributed by atoms with Crippen LogP contribution in [0.2, 0.25) is 0 Å². The van der Waals surface area contributed by atoms with E-state index in [4.69, 9.17) is 0 Å². The highest BCUT2D eigenvalue weighted by Gasteiger charge is 2.40. The van der Waals surface area contributed by atoms with Crippen LogP contribution in [0.4, 0.5) is 0 Å². The van der Waals surface area contributed by atoms with Gasteiger partial charge in [-0.05, 0) is 37.8 Å². The summed E-state index contributed by atoms with van der Waals surface area (Å²) < 4.78 is 0. The number of hydrogen-bond acceptors (Lipinski definition) is 2. The van der Waals surface area contributed by atoms with Gasteiger partial charge in [-0.2, -0.15) is 0 Å². The van der Waals surface area contributed by atoms with Crippen molar-refractivity contribution in [3.8, 4) is 0 Å². The molecule has 1 heterocycles. The zero-order valence-corrected chi connectivity index (χ0v) is 10.1. The second kappa shape index (κ2) is 4.36. The summed E-state index contributed by atoms with van der Waals surface area (Å²) in [5.74, 6) is 0.318. The molecule has 1 aliphatic rings. The molecule has 0 amide bonds. The fraction of sp³-hybridized carbons (Fsp3) is 0.571. The zero-order valence-electron chi connectivity index (χ0n) is 10.1. The highest BCUT2D eigenvalue weighted by Crippen LogP contribution is 2.43. The molecule has 0 N–H and O–H groups in total. The van der Waals surface area contributed by atoms with Crippen molar-refractivity contribution in [2.45, 2.75) is 46.0 Å². The lowest BCUT2D eigenvalue weighted by Crippen LogP contribution is -2.28. The topological polar surface area (TPSA) is 30.0 Å². The van der Waals surface area contributed by atoms with Crippen LogP contribution in [0.25, 0.3) is 0 Å². The molecule has 2 heteroatoms. The number of rotatable bonds is 3. The molecule has 1 aromatic rings. The first-order chi connectivity index (χ1) is 7.69. The fourth-order valence-corrected chi connectivity index (χ4v) is 2.78. The summed E-state index contributed by atoms with van der Waals surface area (Å²) >= 11 is 0. The summed E-state index contributed by atoms with van der Waals surface area (Å²) in [5, 5.41) is 0. The number of Topliss-reactive ketones (excluding diaryl/α,β-unsaturated/α-hetero) is 1. The fourth-order valence-electron chi connectivity index (χ4n) is 2.78. The van der Waals surface area contributed by atoms with Crippen molar-refractivity contribution in [3.63, 3.8) is 0 Å². The SMILES string of the molecule is CCC1(C(=O)c2cnccc2C)CCCC1. The molecule has 86 valence electrons. The molecular weight excluding hydrogens is 198 g/mol. The van der Waals surface area contributed by atoms with Crippen LogP contribution in [0.1, 0.15) is 54.9 Å². The van der Waals surface area contributed by atoms with Crippen LogP contribution < -0.4 is 0 Å². The van der Waals surface area contributed by atoms with E-state index in [0.717, 1.165) is 30.4 Å². The maximum atomic E-state index is 12.6. The van der Waals surface area contributed by atoms with Crippen LogP contribution in [-0.4, -0.2) is 10.8 Å². The van der Waals surface area contributed by atoms with Crippen molar-refractivity contribution in [1.82, 2.24) is 4.98 Å². The van der Waals surface area contributed by atoms with Gasteiger partial charge in [-0.3, -0.25) is 9.78 Å². The highest BCUT2D eigenvalue weighted by atomic mass is 16.1. The number of nitrogens with zero attached hydrogens (tertiary/aromatic N) is 1. The monoisotopic (exact) mass is 217 g/mol. The van der Waals surface area contributed by atoms with E-state index in [0.29, 0.717) is 5.78 Å². The Balaban J connectivity index is 2.34. The quantitative estimate of drug-likeness (QED) is 0.725. The molecule has 0 saturated heterocycles. The average molecular weight is 217 g/mol. The van der Waals surface area contributed by atoms with Crippen molar-refractivity contribution in [2.24, 2.45) is 5.41 Å². The van der Waals surface area contributed by atoms with Crippen LogP contribution in [0.5, 0.6) is 0 Å². The van der Waals surface area contributed by atoms with Crippen LogP contribution in [0.15, 0.2) is 18.5 Å². The molecule has 2 rings (SSSR count). The van der Waals surface area contributed by atoms with Crippen molar-refractivity contribution in [1.29, 1.82) is 0 Å². The van der Waals surface area contributed by atoms with Gasteiger partial charge in [-0.15, -0.1) is 0 Å². The Bertz CT molecular complexity index is 391. The molecule has 0 aromatic carbocycles. The van der Waals surface area contributed by atoms with Crippen molar-refractivity contribution in [2.75, 3.05) is 0 Å².